The molecule has 0 bridgehead atoms. The first-order chi connectivity index (χ1) is 16.7. The number of ketones is 1. The van der Waals surface area contributed by atoms with Gasteiger partial charge in [0.25, 0.3) is 11.7 Å². The van der Waals surface area contributed by atoms with E-state index in [2.05, 4.69) is 18.8 Å². The van der Waals surface area contributed by atoms with Crippen molar-refractivity contribution < 1.29 is 24.2 Å². The summed E-state index contributed by atoms with van der Waals surface area (Å²) in [4.78, 5) is 33.7. The highest BCUT2D eigenvalue weighted by Gasteiger charge is 2.46. The smallest absolute Gasteiger partial charge is 0.295 e. The molecule has 1 aliphatic rings. The predicted molar refractivity (Wildman–Crippen MR) is 134 cm³/mol. The first kappa shape index (κ1) is 26.2. The number of hydrogen-bond donors (Lipinski definition) is 1. The van der Waals surface area contributed by atoms with Crippen LogP contribution >= 0.6 is 0 Å². The van der Waals surface area contributed by atoms with Crippen molar-refractivity contribution >= 4 is 17.4 Å². The average molecular weight is 482 g/mol. The van der Waals surface area contributed by atoms with Crippen LogP contribution in [-0.2, 0) is 9.59 Å². The Labute approximate surface area is 207 Å². The Bertz CT molecular complexity index is 1070. The lowest BCUT2D eigenvalue weighted by atomic mass is 9.95. The van der Waals surface area contributed by atoms with Crippen LogP contribution in [0.3, 0.4) is 0 Å². The highest BCUT2D eigenvalue weighted by Crippen LogP contribution is 2.42. The number of amides is 1. The molecule has 0 radical (unpaired) electrons. The van der Waals surface area contributed by atoms with Gasteiger partial charge in [-0.1, -0.05) is 19.9 Å². The molecule has 1 fully saturated rings. The monoisotopic (exact) mass is 481 g/mol. The summed E-state index contributed by atoms with van der Waals surface area (Å²) in [6.07, 6.45) is 3.97. The molecule has 0 spiro atoms. The number of aliphatic hydroxyl groups excluding tert-OH is 1. The molecule has 2 aromatic rings. The van der Waals surface area contributed by atoms with Crippen LogP contribution in [-0.4, -0.2) is 72.0 Å². The molecule has 1 unspecified atom stereocenters. The van der Waals surface area contributed by atoms with Gasteiger partial charge in [0.2, 0.25) is 0 Å². The second kappa shape index (κ2) is 11.8. The molecule has 3 rings (SSSR count). The molecule has 8 heteroatoms. The fourth-order valence-corrected chi connectivity index (χ4v) is 3.92. The number of likely N-dealkylation sites (tertiary alicyclic amines) is 1. The highest BCUT2D eigenvalue weighted by molar-refractivity contribution is 6.46. The van der Waals surface area contributed by atoms with Crippen LogP contribution in [0.25, 0.3) is 5.76 Å². The number of aromatic nitrogens is 1. The van der Waals surface area contributed by atoms with Gasteiger partial charge in [-0.15, -0.1) is 0 Å². The number of benzene rings is 1. The number of carbonyl (C=O) groups is 2. The van der Waals surface area contributed by atoms with Gasteiger partial charge in [0.15, 0.2) is 11.5 Å². The third-order valence-electron chi connectivity index (χ3n) is 5.82. The zero-order chi connectivity index (χ0) is 25.5. The van der Waals surface area contributed by atoms with Crippen LogP contribution in [0.1, 0.15) is 44.4 Å². The van der Waals surface area contributed by atoms with Gasteiger partial charge in [0.1, 0.15) is 5.76 Å². The van der Waals surface area contributed by atoms with Crippen molar-refractivity contribution in [2.75, 3.05) is 40.4 Å². The summed E-state index contributed by atoms with van der Waals surface area (Å²) in [5.41, 5.74) is 1.14. The number of ether oxygens (including phenoxy) is 2. The van der Waals surface area contributed by atoms with Gasteiger partial charge in [-0.3, -0.25) is 14.6 Å². The second-order valence-electron chi connectivity index (χ2n) is 9.20. The van der Waals surface area contributed by atoms with E-state index in [4.69, 9.17) is 9.47 Å². The van der Waals surface area contributed by atoms with E-state index < -0.39 is 17.7 Å². The Morgan fingerprint density at radius 2 is 1.83 bits per heavy atom. The van der Waals surface area contributed by atoms with Gasteiger partial charge in [-0.05, 0) is 63.2 Å². The Hall–Kier alpha value is -3.39. The molecular weight excluding hydrogens is 446 g/mol. The molecule has 1 atom stereocenters. The molecule has 0 saturated carbocycles. The van der Waals surface area contributed by atoms with Gasteiger partial charge < -0.3 is 24.4 Å². The zero-order valence-corrected chi connectivity index (χ0v) is 21.2. The minimum absolute atomic E-state index is 0.0517. The molecular formula is C27H35N3O5. The standard InChI is InChI=1S/C27H35N3O5/c1-6-34-22-17-20(7-8-21(22)35-16-11-18(2)3)24-23(25(31)19-9-12-28-13-10-19)26(32)27(33)30(24)15-14-29(4)5/h7-10,12-13,17-18,24,31H,6,11,14-16H2,1-5H3. The van der Waals surface area contributed by atoms with Crippen molar-refractivity contribution in [1.29, 1.82) is 0 Å². The lowest BCUT2D eigenvalue weighted by Crippen LogP contribution is -2.35. The van der Waals surface area contributed by atoms with E-state index in [0.29, 0.717) is 54.8 Å². The van der Waals surface area contributed by atoms with E-state index >= 15 is 0 Å². The van der Waals surface area contributed by atoms with Crippen LogP contribution < -0.4 is 9.47 Å². The van der Waals surface area contributed by atoms with Gasteiger partial charge in [-0.25, -0.2) is 0 Å². The van der Waals surface area contributed by atoms with Crippen molar-refractivity contribution in [1.82, 2.24) is 14.8 Å². The molecule has 35 heavy (non-hydrogen) atoms. The zero-order valence-electron chi connectivity index (χ0n) is 21.2. The van der Waals surface area contributed by atoms with E-state index in [0.717, 1.165) is 6.42 Å². The Morgan fingerprint density at radius 1 is 1.11 bits per heavy atom. The van der Waals surface area contributed by atoms with Crippen LogP contribution in [0.5, 0.6) is 11.5 Å². The Kier molecular flexibility index (Phi) is 8.87. The van der Waals surface area contributed by atoms with Crippen molar-refractivity contribution in [3.63, 3.8) is 0 Å². The number of aliphatic hydroxyl groups is 1. The fraction of sp³-hybridized carbons (Fsp3) is 0.444. The predicted octanol–water partition coefficient (Wildman–Crippen LogP) is 3.89. The number of pyridine rings is 1. The van der Waals surface area contributed by atoms with Crippen molar-refractivity contribution in [3.05, 3.63) is 59.4 Å². The largest absolute Gasteiger partial charge is 0.507 e. The second-order valence-corrected chi connectivity index (χ2v) is 9.20. The number of hydrogen-bond acceptors (Lipinski definition) is 7. The van der Waals surface area contributed by atoms with Gasteiger partial charge >= 0.3 is 0 Å². The quantitative estimate of drug-likeness (QED) is 0.296. The van der Waals surface area contributed by atoms with Crippen molar-refractivity contribution in [2.45, 2.75) is 33.2 Å². The van der Waals surface area contributed by atoms with Gasteiger partial charge in [-0.2, -0.15) is 0 Å². The van der Waals surface area contributed by atoms with Crippen molar-refractivity contribution in [2.24, 2.45) is 5.92 Å². The van der Waals surface area contributed by atoms with Gasteiger partial charge in [0, 0.05) is 31.0 Å². The van der Waals surface area contributed by atoms with Crippen LogP contribution in [0.15, 0.2) is 48.3 Å². The molecule has 1 amide bonds. The number of Topliss-reactive ketones (excluding diaryl/α,β-unsaturated/α-hetero) is 1. The Morgan fingerprint density at radius 3 is 2.46 bits per heavy atom. The fourth-order valence-electron chi connectivity index (χ4n) is 3.92. The molecule has 188 valence electrons. The number of likely N-dealkylation sites (N-methyl/N-ethyl adjacent to an activating group) is 1. The first-order valence-corrected chi connectivity index (χ1v) is 12.0. The number of carbonyl (C=O) groups excluding carboxylic acids is 2. The van der Waals surface area contributed by atoms with Crippen molar-refractivity contribution in [3.8, 4) is 11.5 Å². The molecule has 2 heterocycles. The summed E-state index contributed by atoms with van der Waals surface area (Å²) >= 11 is 0. The molecule has 1 saturated heterocycles. The molecule has 1 aromatic carbocycles. The summed E-state index contributed by atoms with van der Waals surface area (Å²) in [6, 6.07) is 7.89. The number of rotatable bonds is 11. The normalized spacial score (nSPS) is 17.5. The third kappa shape index (κ3) is 6.19. The summed E-state index contributed by atoms with van der Waals surface area (Å²) in [5.74, 6) is 0.0835. The maximum atomic E-state index is 13.1. The first-order valence-electron chi connectivity index (χ1n) is 12.0. The molecule has 1 aliphatic heterocycles. The Balaban J connectivity index is 2.08. The van der Waals surface area contributed by atoms with E-state index in [-0.39, 0.29) is 11.3 Å². The van der Waals surface area contributed by atoms with Crippen LogP contribution in [0, 0.1) is 5.92 Å². The maximum Gasteiger partial charge on any atom is 0.295 e. The third-order valence-corrected chi connectivity index (χ3v) is 5.82. The summed E-state index contributed by atoms with van der Waals surface area (Å²) in [7, 11) is 3.80. The minimum Gasteiger partial charge on any atom is -0.507 e. The molecule has 1 aromatic heterocycles. The summed E-state index contributed by atoms with van der Waals surface area (Å²) in [5, 5.41) is 11.1. The van der Waals surface area contributed by atoms with E-state index in [1.165, 1.54) is 17.3 Å². The van der Waals surface area contributed by atoms with Crippen LogP contribution in [0.2, 0.25) is 0 Å². The van der Waals surface area contributed by atoms with Crippen LogP contribution in [0.4, 0.5) is 0 Å². The van der Waals surface area contributed by atoms with E-state index in [9.17, 15) is 14.7 Å². The maximum absolute atomic E-state index is 13.1. The highest BCUT2D eigenvalue weighted by atomic mass is 16.5. The molecule has 0 aliphatic carbocycles. The minimum atomic E-state index is -0.757. The summed E-state index contributed by atoms with van der Waals surface area (Å²) < 4.78 is 11.8. The lowest BCUT2D eigenvalue weighted by Gasteiger charge is -2.27. The van der Waals surface area contributed by atoms with E-state index in [1.54, 1.807) is 24.3 Å². The SMILES string of the molecule is CCOc1cc(C2C(=C(O)c3ccncc3)C(=O)C(=O)N2CCN(C)C)ccc1OCCC(C)C. The van der Waals surface area contributed by atoms with Gasteiger partial charge in [0.05, 0.1) is 24.8 Å². The molecule has 1 N–H and O–H groups in total. The number of nitrogens with zero attached hydrogens (tertiary/aromatic N) is 3. The topological polar surface area (TPSA) is 92.2 Å². The van der Waals surface area contributed by atoms with E-state index in [1.807, 2.05) is 32.0 Å². The molecule has 8 nitrogen and oxygen atoms in total. The lowest BCUT2D eigenvalue weighted by molar-refractivity contribution is -0.140. The average Bonchev–Trinajstić information content (AvgIpc) is 3.08. The summed E-state index contributed by atoms with van der Waals surface area (Å²) in [6.45, 7) is 8.03.